The van der Waals surface area contributed by atoms with E-state index in [1.807, 2.05) is 79.7 Å². The summed E-state index contributed by atoms with van der Waals surface area (Å²) in [7, 11) is 0. The quantitative estimate of drug-likeness (QED) is 0.253. The van der Waals surface area contributed by atoms with Crippen LogP contribution in [0.2, 0.25) is 5.02 Å². The highest BCUT2D eigenvalue weighted by Crippen LogP contribution is 2.34. The molecule has 7 heteroatoms. The van der Waals surface area contributed by atoms with Crippen LogP contribution < -0.4 is 9.64 Å². The van der Waals surface area contributed by atoms with E-state index in [0.717, 1.165) is 21.5 Å². The molecule has 3 aromatic carbocycles. The molecule has 0 saturated heterocycles. The van der Waals surface area contributed by atoms with Crippen LogP contribution in [-0.2, 0) is 6.54 Å². The molecule has 0 N–H and O–H groups in total. The van der Waals surface area contributed by atoms with E-state index >= 15 is 0 Å². The van der Waals surface area contributed by atoms with Crippen molar-refractivity contribution >= 4 is 44.2 Å². The molecule has 0 fully saturated rings. The monoisotopic (exact) mass is 485 g/mol. The molecule has 0 atom stereocenters. The third-order valence-corrected chi connectivity index (χ3v) is 6.46. The van der Waals surface area contributed by atoms with Crippen LogP contribution in [0.15, 0.2) is 91.1 Å². The normalized spacial score (nSPS) is 10.9. The van der Waals surface area contributed by atoms with Gasteiger partial charge in [-0.05, 0) is 67.1 Å². The van der Waals surface area contributed by atoms with Gasteiger partial charge in [-0.2, -0.15) is 0 Å². The smallest absolute Gasteiger partial charge is 0.260 e. The number of rotatable bonds is 6. The van der Waals surface area contributed by atoms with Gasteiger partial charge in [0, 0.05) is 16.8 Å². The summed E-state index contributed by atoms with van der Waals surface area (Å²) in [5.41, 5.74) is 3.07. The van der Waals surface area contributed by atoms with Crippen molar-refractivity contribution in [2.75, 3.05) is 4.90 Å². The lowest BCUT2D eigenvalue weighted by molar-refractivity contribution is 0.0984. The molecule has 5 rings (SSSR count). The zero-order valence-electron chi connectivity index (χ0n) is 18.3. The Morgan fingerprint density at radius 1 is 0.971 bits per heavy atom. The van der Waals surface area contributed by atoms with E-state index in [9.17, 15) is 4.79 Å². The molecule has 34 heavy (non-hydrogen) atoms. The summed E-state index contributed by atoms with van der Waals surface area (Å²) in [6, 6.07) is 26.0. The van der Waals surface area contributed by atoms with Gasteiger partial charge in [0.1, 0.15) is 11.5 Å². The molecule has 0 saturated carbocycles. The number of nitrogens with zero attached hydrogens (tertiary/aromatic N) is 3. The van der Waals surface area contributed by atoms with Crippen molar-refractivity contribution in [2.24, 2.45) is 0 Å². The molecular weight excluding hydrogens is 466 g/mol. The number of para-hydroxylation sites is 1. The van der Waals surface area contributed by atoms with Crippen molar-refractivity contribution in [2.45, 2.75) is 13.5 Å². The minimum Gasteiger partial charge on any atom is -0.457 e. The number of carbonyl (C=O) groups excluding carboxylic acids is 1. The Kier molecular flexibility index (Phi) is 6.25. The molecule has 0 aliphatic heterocycles. The first-order chi connectivity index (χ1) is 16.6. The molecule has 1 amide bonds. The van der Waals surface area contributed by atoms with Crippen LogP contribution in [0.1, 0.15) is 21.6 Å². The molecular formula is C27H20ClN3O2S. The first-order valence-corrected chi connectivity index (χ1v) is 11.9. The highest BCUT2D eigenvalue weighted by Gasteiger charge is 2.23. The molecule has 0 radical (unpaired) electrons. The fraction of sp³-hybridized carbons (Fsp3) is 0.0741. The zero-order chi connectivity index (χ0) is 23.5. The number of aryl methyl sites for hydroxylation is 1. The van der Waals surface area contributed by atoms with Gasteiger partial charge in [0.2, 0.25) is 0 Å². The summed E-state index contributed by atoms with van der Waals surface area (Å²) >= 11 is 7.69. The number of ether oxygens (including phenoxy) is 1. The van der Waals surface area contributed by atoms with E-state index in [-0.39, 0.29) is 12.5 Å². The Morgan fingerprint density at radius 3 is 2.56 bits per heavy atom. The number of benzene rings is 3. The Labute approximate surface area is 206 Å². The van der Waals surface area contributed by atoms with Crippen LogP contribution in [0.25, 0.3) is 10.2 Å². The minimum absolute atomic E-state index is 0.188. The summed E-state index contributed by atoms with van der Waals surface area (Å²) in [6.07, 6.45) is 1.72. The molecule has 168 valence electrons. The number of halogens is 1. The molecule has 0 spiro atoms. The number of fused-ring (bicyclic) bond motifs is 1. The van der Waals surface area contributed by atoms with Gasteiger partial charge >= 0.3 is 0 Å². The molecule has 2 heterocycles. The lowest BCUT2D eigenvalue weighted by atomic mass is 10.2. The maximum absolute atomic E-state index is 13.8. The van der Waals surface area contributed by atoms with Crippen molar-refractivity contribution in [3.8, 4) is 11.5 Å². The lowest BCUT2D eigenvalue weighted by Gasteiger charge is -2.20. The van der Waals surface area contributed by atoms with E-state index < -0.39 is 0 Å². The summed E-state index contributed by atoms with van der Waals surface area (Å²) in [6.45, 7) is 2.25. The summed E-state index contributed by atoms with van der Waals surface area (Å²) in [4.78, 5) is 24.6. The van der Waals surface area contributed by atoms with Crippen LogP contribution in [-0.4, -0.2) is 15.9 Å². The molecule has 0 unspecified atom stereocenters. The number of hydrogen-bond donors (Lipinski definition) is 0. The summed E-state index contributed by atoms with van der Waals surface area (Å²) in [5.74, 6) is 1.10. The van der Waals surface area contributed by atoms with E-state index in [1.54, 1.807) is 23.2 Å². The number of carbonyl (C=O) groups is 1. The first kappa shape index (κ1) is 22.1. The number of hydrogen-bond acceptors (Lipinski definition) is 5. The standard InChI is InChI=1S/C27H20ClN3O2S/c1-18-14-20(28)16-24-25(18)30-27(34-24)31(17-21-9-5-6-13-29-21)26(32)19-8-7-12-23(15-19)33-22-10-3-2-4-11-22/h2-16H,17H2,1H3. The molecule has 0 aliphatic rings. The third kappa shape index (κ3) is 4.78. The van der Waals surface area contributed by atoms with Crippen molar-refractivity contribution in [1.82, 2.24) is 9.97 Å². The fourth-order valence-corrected chi connectivity index (χ4v) is 5.03. The SMILES string of the molecule is Cc1cc(Cl)cc2sc(N(Cc3ccccn3)C(=O)c3cccc(Oc4ccccc4)c3)nc12. The van der Waals surface area contributed by atoms with E-state index in [2.05, 4.69) is 4.98 Å². The molecule has 2 aromatic heterocycles. The van der Waals surface area contributed by atoms with Crippen molar-refractivity contribution in [3.63, 3.8) is 0 Å². The number of aromatic nitrogens is 2. The molecule has 5 nitrogen and oxygen atoms in total. The summed E-state index contributed by atoms with van der Waals surface area (Å²) < 4.78 is 6.87. The average Bonchev–Trinajstić information content (AvgIpc) is 3.28. The second-order valence-corrected chi connectivity index (χ2v) is 9.17. The van der Waals surface area contributed by atoms with Gasteiger partial charge in [-0.3, -0.25) is 14.7 Å². The van der Waals surface area contributed by atoms with Gasteiger partial charge in [0.05, 0.1) is 22.5 Å². The second kappa shape index (κ2) is 9.63. The van der Waals surface area contributed by atoms with Gasteiger partial charge in [-0.15, -0.1) is 0 Å². The van der Waals surface area contributed by atoms with Crippen LogP contribution >= 0.6 is 22.9 Å². The zero-order valence-corrected chi connectivity index (χ0v) is 19.9. The Bertz CT molecular complexity index is 1460. The van der Waals surface area contributed by atoms with E-state index in [4.69, 9.17) is 21.3 Å². The Hall–Kier alpha value is -3.74. The molecule has 0 aliphatic carbocycles. The predicted octanol–water partition coefficient (Wildman–Crippen LogP) is 7.29. The number of thiazole rings is 1. The predicted molar refractivity (Wildman–Crippen MR) is 137 cm³/mol. The van der Waals surface area contributed by atoms with Gasteiger partial charge in [-0.25, -0.2) is 4.98 Å². The van der Waals surface area contributed by atoms with Crippen LogP contribution in [0.5, 0.6) is 11.5 Å². The Balaban J connectivity index is 1.52. The fourth-order valence-electron chi connectivity index (χ4n) is 3.61. The molecule has 5 aromatic rings. The van der Waals surface area contributed by atoms with Crippen LogP contribution in [0.3, 0.4) is 0 Å². The number of amides is 1. The van der Waals surface area contributed by atoms with Gasteiger partial charge in [-0.1, -0.05) is 53.3 Å². The van der Waals surface area contributed by atoms with Gasteiger partial charge in [0.15, 0.2) is 5.13 Å². The largest absolute Gasteiger partial charge is 0.457 e. The van der Waals surface area contributed by atoms with Crippen molar-refractivity contribution in [3.05, 3.63) is 113 Å². The topological polar surface area (TPSA) is 55.3 Å². The highest BCUT2D eigenvalue weighted by molar-refractivity contribution is 7.22. The van der Waals surface area contributed by atoms with Crippen molar-refractivity contribution in [1.29, 1.82) is 0 Å². The van der Waals surface area contributed by atoms with E-state index in [0.29, 0.717) is 27.2 Å². The van der Waals surface area contributed by atoms with Gasteiger partial charge in [0.25, 0.3) is 5.91 Å². The minimum atomic E-state index is -0.188. The van der Waals surface area contributed by atoms with Crippen molar-refractivity contribution < 1.29 is 9.53 Å². The lowest BCUT2D eigenvalue weighted by Crippen LogP contribution is -2.30. The van der Waals surface area contributed by atoms with Gasteiger partial charge < -0.3 is 4.74 Å². The maximum Gasteiger partial charge on any atom is 0.260 e. The maximum atomic E-state index is 13.8. The highest BCUT2D eigenvalue weighted by atomic mass is 35.5. The Morgan fingerprint density at radius 2 is 1.76 bits per heavy atom. The second-order valence-electron chi connectivity index (χ2n) is 7.72. The number of pyridine rings is 1. The first-order valence-electron chi connectivity index (χ1n) is 10.7. The molecule has 0 bridgehead atoms. The number of anilines is 1. The van der Waals surface area contributed by atoms with Crippen LogP contribution in [0.4, 0.5) is 5.13 Å². The van der Waals surface area contributed by atoms with Crippen LogP contribution in [0, 0.1) is 6.92 Å². The summed E-state index contributed by atoms with van der Waals surface area (Å²) in [5, 5.41) is 1.24. The van der Waals surface area contributed by atoms with E-state index in [1.165, 1.54) is 11.3 Å². The average molecular weight is 486 g/mol. The third-order valence-electron chi connectivity index (χ3n) is 5.22.